The van der Waals surface area contributed by atoms with Crippen molar-refractivity contribution in [1.82, 2.24) is 9.36 Å². The van der Waals surface area contributed by atoms with Gasteiger partial charge in [0, 0.05) is 19.4 Å². The summed E-state index contributed by atoms with van der Waals surface area (Å²) in [4.78, 5) is 23.4. The average Bonchev–Trinajstić information content (AvgIpc) is 2.74. The molecule has 1 heterocycles. The van der Waals surface area contributed by atoms with Gasteiger partial charge in [-0.1, -0.05) is 25.1 Å². The number of anilines is 1. The van der Waals surface area contributed by atoms with Gasteiger partial charge in [0.05, 0.1) is 11.4 Å². The molecule has 0 fully saturated rings. The quantitative estimate of drug-likeness (QED) is 0.909. The summed E-state index contributed by atoms with van der Waals surface area (Å²) in [6.45, 7) is 1.64. The fourth-order valence-electron chi connectivity index (χ4n) is 2.71. The fourth-order valence-corrected chi connectivity index (χ4v) is 2.71. The van der Waals surface area contributed by atoms with Crippen molar-refractivity contribution in [2.24, 2.45) is 7.05 Å². The van der Waals surface area contributed by atoms with Gasteiger partial charge in [0.15, 0.2) is 0 Å². The van der Waals surface area contributed by atoms with E-state index in [-0.39, 0.29) is 12.1 Å². The van der Waals surface area contributed by atoms with Crippen LogP contribution in [-0.4, -0.2) is 21.3 Å². The highest BCUT2D eigenvalue weighted by atomic mass is 19.4. The van der Waals surface area contributed by atoms with Crippen LogP contribution in [-0.2, 0) is 11.8 Å². The van der Waals surface area contributed by atoms with Gasteiger partial charge in [-0.2, -0.15) is 13.2 Å². The molecular weight excluding hydrogens is 323 g/mol. The lowest BCUT2D eigenvalue weighted by Gasteiger charge is -2.15. The smallest absolute Gasteiger partial charge is 0.393 e. The maximum atomic E-state index is 12.4. The van der Waals surface area contributed by atoms with Gasteiger partial charge in [-0.3, -0.25) is 14.3 Å². The van der Waals surface area contributed by atoms with E-state index in [1.807, 2.05) is 0 Å². The van der Waals surface area contributed by atoms with Gasteiger partial charge in [0.1, 0.15) is 5.69 Å². The number of halogens is 3. The van der Waals surface area contributed by atoms with E-state index in [1.165, 1.54) is 9.36 Å². The molecule has 0 aliphatic carbocycles. The highest BCUT2D eigenvalue weighted by Gasteiger charge is 2.37. The van der Waals surface area contributed by atoms with E-state index in [0.29, 0.717) is 11.4 Å². The molecule has 0 radical (unpaired) electrons. The molecule has 1 aromatic heterocycles. The molecule has 2 N–H and O–H groups in total. The summed E-state index contributed by atoms with van der Waals surface area (Å²) in [7, 11) is 1.61. The highest BCUT2D eigenvalue weighted by Crippen LogP contribution is 2.27. The van der Waals surface area contributed by atoms with E-state index in [1.54, 1.807) is 44.3 Å². The Kier molecular flexibility index (Phi) is 4.86. The third-order valence-electron chi connectivity index (χ3n) is 3.94. The lowest BCUT2D eigenvalue weighted by Crippen LogP contribution is -2.23. The number of alkyl halides is 3. The van der Waals surface area contributed by atoms with E-state index in [9.17, 15) is 22.8 Å². The summed E-state index contributed by atoms with van der Waals surface area (Å²) in [6, 6.07) is 8.77. The molecular formula is C16H18F3N3O2. The standard InChI is InChI=1S/C16H18F3N3O2/c1-10(8-9-12(23)16(17,18)19)14-13(20)15(24)22(21(14)2)11-6-4-3-5-7-11/h3-7,10H,8-9,20H2,1-2H3. The predicted octanol–water partition coefficient (Wildman–Crippen LogP) is 2.77. The van der Waals surface area contributed by atoms with Gasteiger partial charge >= 0.3 is 6.18 Å². The van der Waals surface area contributed by atoms with Crippen molar-refractivity contribution in [1.29, 1.82) is 0 Å². The van der Waals surface area contributed by atoms with Crippen LogP contribution < -0.4 is 11.3 Å². The van der Waals surface area contributed by atoms with Crippen LogP contribution in [0.3, 0.4) is 0 Å². The average molecular weight is 341 g/mol. The normalized spacial score (nSPS) is 13.0. The topological polar surface area (TPSA) is 70.0 Å². The maximum absolute atomic E-state index is 12.4. The zero-order valence-corrected chi connectivity index (χ0v) is 13.3. The molecule has 2 aromatic rings. The number of para-hydroxylation sites is 1. The first kappa shape index (κ1) is 17.8. The van der Waals surface area contributed by atoms with Crippen molar-refractivity contribution < 1.29 is 18.0 Å². The second kappa shape index (κ2) is 6.54. The molecule has 0 aliphatic rings. The number of nitrogen functional groups attached to an aromatic ring is 1. The lowest BCUT2D eigenvalue weighted by atomic mass is 9.99. The Labute approximate surface area is 136 Å². The number of carbonyl (C=O) groups is 1. The third kappa shape index (κ3) is 3.37. The molecule has 8 heteroatoms. The zero-order valence-electron chi connectivity index (χ0n) is 13.3. The molecule has 0 saturated heterocycles. The SMILES string of the molecule is CC(CCC(=O)C(F)(F)F)c1c(N)c(=O)n(-c2ccccc2)n1C. The zero-order chi connectivity index (χ0) is 18.1. The van der Waals surface area contributed by atoms with E-state index in [4.69, 9.17) is 5.73 Å². The Balaban J connectivity index is 2.32. The van der Waals surface area contributed by atoms with E-state index >= 15 is 0 Å². The second-order valence-corrected chi connectivity index (χ2v) is 5.64. The van der Waals surface area contributed by atoms with Gasteiger partial charge < -0.3 is 5.73 Å². The Morgan fingerprint density at radius 3 is 2.38 bits per heavy atom. The Morgan fingerprint density at radius 2 is 1.83 bits per heavy atom. The predicted molar refractivity (Wildman–Crippen MR) is 84.1 cm³/mol. The molecule has 0 amide bonds. The largest absolute Gasteiger partial charge is 0.449 e. The summed E-state index contributed by atoms with van der Waals surface area (Å²) < 4.78 is 39.8. The Bertz CT molecular complexity index is 791. The van der Waals surface area contributed by atoms with Gasteiger partial charge in [-0.25, -0.2) is 4.68 Å². The minimum absolute atomic E-state index is 0.0201. The third-order valence-corrected chi connectivity index (χ3v) is 3.94. The van der Waals surface area contributed by atoms with E-state index < -0.39 is 29.9 Å². The van der Waals surface area contributed by atoms with E-state index in [2.05, 4.69) is 0 Å². The highest BCUT2D eigenvalue weighted by molar-refractivity contribution is 5.84. The number of hydrogen-bond acceptors (Lipinski definition) is 3. The summed E-state index contributed by atoms with van der Waals surface area (Å²) in [5, 5.41) is 0. The fraction of sp³-hybridized carbons (Fsp3) is 0.375. The number of benzene rings is 1. The van der Waals surface area contributed by atoms with Crippen molar-refractivity contribution in [2.75, 3.05) is 5.73 Å². The summed E-state index contributed by atoms with van der Waals surface area (Å²) in [5.41, 5.74) is 6.43. The van der Waals surface area contributed by atoms with Crippen LogP contribution in [0.15, 0.2) is 35.1 Å². The van der Waals surface area contributed by atoms with Crippen molar-refractivity contribution in [3.63, 3.8) is 0 Å². The van der Waals surface area contributed by atoms with Crippen LogP contribution in [0.1, 0.15) is 31.4 Å². The van der Waals surface area contributed by atoms with Crippen molar-refractivity contribution in [3.05, 3.63) is 46.4 Å². The maximum Gasteiger partial charge on any atom is 0.449 e. The number of nitrogens with two attached hydrogens (primary N) is 1. The molecule has 130 valence electrons. The molecule has 24 heavy (non-hydrogen) atoms. The Morgan fingerprint density at radius 1 is 1.25 bits per heavy atom. The second-order valence-electron chi connectivity index (χ2n) is 5.64. The van der Waals surface area contributed by atoms with Crippen LogP contribution in [0.4, 0.5) is 18.9 Å². The molecule has 0 aliphatic heterocycles. The van der Waals surface area contributed by atoms with Crippen LogP contribution in [0, 0.1) is 0 Å². The first-order valence-corrected chi connectivity index (χ1v) is 7.37. The molecule has 1 unspecified atom stereocenters. The van der Waals surface area contributed by atoms with Crippen molar-refractivity contribution in [2.45, 2.75) is 31.9 Å². The van der Waals surface area contributed by atoms with Gasteiger partial charge in [-0.05, 0) is 18.6 Å². The number of aromatic nitrogens is 2. The molecule has 0 saturated carbocycles. The molecule has 5 nitrogen and oxygen atoms in total. The molecule has 0 spiro atoms. The number of Topliss-reactive ketones (excluding diaryl/α,β-unsaturated/α-hetero) is 1. The summed E-state index contributed by atoms with van der Waals surface area (Å²) >= 11 is 0. The Hall–Kier alpha value is -2.51. The minimum Gasteiger partial charge on any atom is -0.393 e. The number of rotatable bonds is 5. The molecule has 2 rings (SSSR count). The summed E-state index contributed by atoms with van der Waals surface area (Å²) in [6.07, 6.45) is -5.53. The van der Waals surface area contributed by atoms with Crippen LogP contribution in [0.5, 0.6) is 0 Å². The number of carbonyl (C=O) groups excluding carboxylic acids is 1. The van der Waals surface area contributed by atoms with Crippen LogP contribution >= 0.6 is 0 Å². The van der Waals surface area contributed by atoms with Crippen molar-refractivity contribution in [3.8, 4) is 5.69 Å². The van der Waals surface area contributed by atoms with Crippen LogP contribution in [0.25, 0.3) is 5.69 Å². The summed E-state index contributed by atoms with van der Waals surface area (Å²) in [5.74, 6) is -2.25. The van der Waals surface area contributed by atoms with Crippen molar-refractivity contribution >= 4 is 11.5 Å². The lowest BCUT2D eigenvalue weighted by molar-refractivity contribution is -0.171. The first-order valence-electron chi connectivity index (χ1n) is 7.37. The van der Waals surface area contributed by atoms with Gasteiger partial charge in [-0.15, -0.1) is 0 Å². The first-order chi connectivity index (χ1) is 11.1. The number of hydrogen-bond donors (Lipinski definition) is 1. The monoisotopic (exact) mass is 341 g/mol. The number of nitrogens with zero attached hydrogens (tertiary/aromatic N) is 2. The molecule has 1 aromatic carbocycles. The van der Waals surface area contributed by atoms with Gasteiger partial charge in [0.25, 0.3) is 5.56 Å². The van der Waals surface area contributed by atoms with Gasteiger partial charge in [0.2, 0.25) is 5.78 Å². The minimum atomic E-state index is -4.84. The number of ketones is 1. The van der Waals surface area contributed by atoms with Crippen LogP contribution in [0.2, 0.25) is 0 Å². The molecule has 0 bridgehead atoms. The molecule has 1 atom stereocenters. The van der Waals surface area contributed by atoms with E-state index in [0.717, 1.165) is 0 Å².